The van der Waals surface area contributed by atoms with Crippen LogP contribution < -0.4 is 5.73 Å². The molecule has 88 valence electrons. The topological polar surface area (TPSA) is 49.5 Å². The third kappa shape index (κ3) is 2.52. The highest BCUT2D eigenvalue weighted by Crippen LogP contribution is 2.39. The fourth-order valence-corrected chi connectivity index (χ4v) is 2.90. The normalized spacial score (nSPS) is 27.2. The zero-order valence-electron chi connectivity index (χ0n) is 9.78. The predicted octanol–water partition coefficient (Wildman–Crippen LogP) is 0.961. The third-order valence-corrected chi connectivity index (χ3v) is 4.18. The maximum absolute atomic E-state index is 9.44. The molecule has 3 nitrogen and oxygen atoms in total. The van der Waals surface area contributed by atoms with Crippen molar-refractivity contribution in [2.24, 2.45) is 11.7 Å². The van der Waals surface area contributed by atoms with Gasteiger partial charge in [-0.1, -0.05) is 12.8 Å². The van der Waals surface area contributed by atoms with Crippen LogP contribution in [0.25, 0.3) is 0 Å². The molecule has 15 heavy (non-hydrogen) atoms. The number of hydrogen-bond donors (Lipinski definition) is 2. The Balaban J connectivity index is 1.87. The van der Waals surface area contributed by atoms with Crippen LogP contribution >= 0.6 is 0 Å². The number of hydrogen-bond acceptors (Lipinski definition) is 3. The minimum atomic E-state index is -0.336. The van der Waals surface area contributed by atoms with E-state index in [0.29, 0.717) is 12.0 Å². The van der Waals surface area contributed by atoms with Crippen LogP contribution in [0, 0.1) is 5.92 Å². The van der Waals surface area contributed by atoms with Crippen LogP contribution in [0.15, 0.2) is 0 Å². The van der Waals surface area contributed by atoms with Crippen LogP contribution in [0.1, 0.15) is 38.5 Å². The summed E-state index contributed by atoms with van der Waals surface area (Å²) >= 11 is 0. The molecule has 0 aromatic carbocycles. The summed E-state index contributed by atoms with van der Waals surface area (Å²) in [5, 5.41) is 9.44. The molecule has 0 aromatic heterocycles. The van der Waals surface area contributed by atoms with E-state index in [0.717, 1.165) is 6.54 Å². The van der Waals surface area contributed by atoms with Gasteiger partial charge in [0.2, 0.25) is 0 Å². The average molecular weight is 212 g/mol. The van der Waals surface area contributed by atoms with E-state index in [1.807, 2.05) is 0 Å². The van der Waals surface area contributed by atoms with Crippen molar-refractivity contribution in [3.8, 4) is 0 Å². The van der Waals surface area contributed by atoms with Crippen molar-refractivity contribution in [1.29, 1.82) is 0 Å². The van der Waals surface area contributed by atoms with Crippen molar-refractivity contribution in [3.05, 3.63) is 0 Å². The molecule has 1 unspecified atom stereocenters. The molecule has 2 aliphatic rings. The summed E-state index contributed by atoms with van der Waals surface area (Å²) in [5.74, 6) is 0.561. The summed E-state index contributed by atoms with van der Waals surface area (Å²) < 4.78 is 0. The molecule has 1 atom stereocenters. The smallest absolute Gasteiger partial charge is 0.0626 e. The minimum Gasteiger partial charge on any atom is -0.394 e. The van der Waals surface area contributed by atoms with Crippen LogP contribution in [0.2, 0.25) is 0 Å². The van der Waals surface area contributed by atoms with Crippen molar-refractivity contribution in [2.45, 2.75) is 50.1 Å². The Morgan fingerprint density at radius 1 is 1.27 bits per heavy atom. The summed E-state index contributed by atoms with van der Waals surface area (Å²) in [6.07, 6.45) is 7.74. The fourth-order valence-electron chi connectivity index (χ4n) is 2.90. The van der Waals surface area contributed by atoms with Gasteiger partial charge in [0, 0.05) is 12.6 Å². The number of nitrogens with two attached hydrogens (primary N) is 1. The van der Waals surface area contributed by atoms with Crippen LogP contribution in [-0.4, -0.2) is 41.8 Å². The molecule has 3 heteroatoms. The lowest BCUT2D eigenvalue weighted by Gasteiger charge is -2.35. The number of nitrogens with zero attached hydrogens (tertiary/aromatic N) is 1. The highest BCUT2D eigenvalue weighted by Gasteiger charge is 2.43. The molecule has 0 aromatic rings. The van der Waals surface area contributed by atoms with E-state index in [4.69, 9.17) is 5.73 Å². The van der Waals surface area contributed by atoms with E-state index in [1.54, 1.807) is 0 Å². The molecule has 2 fully saturated rings. The molecule has 2 aliphatic carbocycles. The van der Waals surface area contributed by atoms with Gasteiger partial charge in [-0.05, 0) is 38.6 Å². The van der Waals surface area contributed by atoms with Gasteiger partial charge in [-0.25, -0.2) is 0 Å². The van der Waals surface area contributed by atoms with Crippen molar-refractivity contribution in [3.63, 3.8) is 0 Å². The molecule has 0 aliphatic heterocycles. The van der Waals surface area contributed by atoms with Crippen LogP contribution in [0.5, 0.6) is 0 Å². The third-order valence-electron chi connectivity index (χ3n) is 4.18. The quantitative estimate of drug-likeness (QED) is 0.713. The molecular weight excluding hydrogens is 188 g/mol. The summed E-state index contributed by atoms with van der Waals surface area (Å²) in [7, 11) is 2.16. The fraction of sp³-hybridized carbons (Fsp3) is 1.00. The van der Waals surface area contributed by atoms with Gasteiger partial charge in [0.25, 0.3) is 0 Å². The number of rotatable bonds is 5. The van der Waals surface area contributed by atoms with Gasteiger partial charge in [-0.2, -0.15) is 0 Å². The van der Waals surface area contributed by atoms with Crippen LogP contribution in [-0.2, 0) is 0 Å². The van der Waals surface area contributed by atoms with Gasteiger partial charge in [0.15, 0.2) is 0 Å². The molecule has 0 amide bonds. The van der Waals surface area contributed by atoms with Gasteiger partial charge in [-0.3, -0.25) is 0 Å². The lowest BCUT2D eigenvalue weighted by atomic mass is 9.94. The standard InChI is InChI=1S/C12H24N2O/c1-14(11-4-2-3-5-11)8-12(13,9-15)10-6-7-10/h10-11,15H,2-9,13H2,1H3. The SMILES string of the molecule is CN(CC(N)(CO)C1CC1)C1CCCC1. The molecule has 0 heterocycles. The van der Waals surface area contributed by atoms with E-state index in [-0.39, 0.29) is 12.1 Å². The van der Waals surface area contributed by atoms with Gasteiger partial charge in [0.05, 0.1) is 12.1 Å². The lowest BCUT2D eigenvalue weighted by Crippen LogP contribution is -2.55. The second-order valence-corrected chi connectivity index (χ2v) is 5.52. The van der Waals surface area contributed by atoms with Crippen molar-refractivity contribution < 1.29 is 5.11 Å². The van der Waals surface area contributed by atoms with Crippen LogP contribution in [0.3, 0.4) is 0 Å². The largest absolute Gasteiger partial charge is 0.394 e. The second kappa shape index (κ2) is 4.40. The highest BCUT2D eigenvalue weighted by molar-refractivity contribution is 5.00. The number of aliphatic hydroxyl groups excluding tert-OH is 1. The van der Waals surface area contributed by atoms with Gasteiger partial charge in [-0.15, -0.1) is 0 Å². The highest BCUT2D eigenvalue weighted by atomic mass is 16.3. The zero-order chi connectivity index (χ0) is 10.9. The molecule has 0 spiro atoms. The summed E-state index contributed by atoms with van der Waals surface area (Å²) in [4.78, 5) is 2.38. The van der Waals surface area contributed by atoms with Crippen molar-refractivity contribution in [1.82, 2.24) is 4.90 Å². The lowest BCUT2D eigenvalue weighted by molar-refractivity contribution is 0.113. The molecule has 0 radical (unpaired) electrons. The monoisotopic (exact) mass is 212 g/mol. The number of likely N-dealkylation sites (N-methyl/N-ethyl adjacent to an activating group) is 1. The molecule has 3 N–H and O–H groups in total. The van der Waals surface area contributed by atoms with E-state index in [2.05, 4.69) is 11.9 Å². The van der Waals surface area contributed by atoms with Gasteiger partial charge < -0.3 is 15.7 Å². The summed E-state index contributed by atoms with van der Waals surface area (Å²) in [6, 6.07) is 0.707. The molecule has 2 saturated carbocycles. The van der Waals surface area contributed by atoms with E-state index < -0.39 is 0 Å². The Bertz CT molecular complexity index is 212. The maximum atomic E-state index is 9.44. The van der Waals surface area contributed by atoms with Crippen molar-refractivity contribution >= 4 is 0 Å². The Morgan fingerprint density at radius 2 is 1.87 bits per heavy atom. The molecule has 0 bridgehead atoms. The maximum Gasteiger partial charge on any atom is 0.0626 e. The Hall–Kier alpha value is -0.120. The zero-order valence-corrected chi connectivity index (χ0v) is 9.78. The summed E-state index contributed by atoms with van der Waals surface area (Å²) in [6.45, 7) is 0.994. The van der Waals surface area contributed by atoms with Crippen molar-refractivity contribution in [2.75, 3.05) is 20.2 Å². The molecule has 2 rings (SSSR count). The Kier molecular flexibility index (Phi) is 3.33. The first-order valence-electron chi connectivity index (χ1n) is 6.26. The average Bonchev–Trinajstić information content (AvgIpc) is 2.94. The Morgan fingerprint density at radius 3 is 2.33 bits per heavy atom. The van der Waals surface area contributed by atoms with E-state index >= 15 is 0 Å². The minimum absolute atomic E-state index is 0.134. The first-order valence-corrected chi connectivity index (χ1v) is 6.26. The van der Waals surface area contributed by atoms with Crippen LogP contribution in [0.4, 0.5) is 0 Å². The molecule has 0 saturated heterocycles. The second-order valence-electron chi connectivity index (χ2n) is 5.52. The van der Waals surface area contributed by atoms with Gasteiger partial charge in [0.1, 0.15) is 0 Å². The van der Waals surface area contributed by atoms with E-state index in [9.17, 15) is 5.11 Å². The van der Waals surface area contributed by atoms with Gasteiger partial charge >= 0.3 is 0 Å². The Labute approximate surface area is 92.6 Å². The number of aliphatic hydroxyl groups is 1. The first-order chi connectivity index (χ1) is 7.15. The first kappa shape index (κ1) is 11.4. The predicted molar refractivity (Wildman–Crippen MR) is 61.6 cm³/mol. The molecular formula is C12H24N2O. The van der Waals surface area contributed by atoms with E-state index in [1.165, 1.54) is 38.5 Å². The summed E-state index contributed by atoms with van der Waals surface area (Å²) in [5.41, 5.74) is 5.94.